The largest absolute Gasteiger partial charge is 0.354 e. The summed E-state index contributed by atoms with van der Waals surface area (Å²) in [6.07, 6.45) is 1.33. The quantitative estimate of drug-likeness (QED) is 0.338. The molecule has 1 unspecified atom stereocenters. The average Bonchev–Trinajstić information content (AvgIpc) is 2.88. The van der Waals surface area contributed by atoms with Crippen molar-refractivity contribution in [3.63, 3.8) is 0 Å². The third-order valence-electron chi connectivity index (χ3n) is 6.20. The summed E-state index contributed by atoms with van der Waals surface area (Å²) in [4.78, 5) is 29.1. The molecule has 1 N–H and O–H groups in total. The number of sulfonamides is 1. The maximum absolute atomic E-state index is 14.0. The van der Waals surface area contributed by atoms with Gasteiger partial charge in [-0.2, -0.15) is 0 Å². The molecule has 3 aromatic carbocycles. The van der Waals surface area contributed by atoms with Crippen molar-refractivity contribution in [1.29, 1.82) is 0 Å². The zero-order chi connectivity index (χ0) is 28.6. The van der Waals surface area contributed by atoms with E-state index in [2.05, 4.69) is 5.32 Å². The molecule has 1 atom stereocenters. The van der Waals surface area contributed by atoms with Crippen molar-refractivity contribution in [2.75, 3.05) is 23.7 Å². The van der Waals surface area contributed by atoms with Crippen molar-refractivity contribution in [2.24, 2.45) is 5.92 Å². The summed E-state index contributed by atoms with van der Waals surface area (Å²) in [6, 6.07) is 22.6. The zero-order valence-electron chi connectivity index (χ0n) is 22.8. The number of anilines is 1. The highest BCUT2D eigenvalue weighted by molar-refractivity contribution is 7.92. The first-order valence-corrected chi connectivity index (χ1v) is 15.1. The van der Waals surface area contributed by atoms with Crippen molar-refractivity contribution >= 4 is 39.1 Å². The second-order valence-corrected chi connectivity index (χ2v) is 12.4. The van der Waals surface area contributed by atoms with Crippen LogP contribution in [0, 0.1) is 12.8 Å². The molecule has 0 aliphatic rings. The number of nitrogens with one attached hydrogen (secondary N) is 1. The van der Waals surface area contributed by atoms with Crippen LogP contribution in [0.25, 0.3) is 0 Å². The fourth-order valence-electron chi connectivity index (χ4n) is 4.13. The van der Waals surface area contributed by atoms with Crippen molar-refractivity contribution in [2.45, 2.75) is 39.8 Å². The lowest BCUT2D eigenvalue weighted by Gasteiger charge is -2.33. The van der Waals surface area contributed by atoms with E-state index in [4.69, 9.17) is 11.6 Å². The van der Waals surface area contributed by atoms with E-state index in [-0.39, 0.29) is 24.8 Å². The van der Waals surface area contributed by atoms with Crippen LogP contribution in [0.3, 0.4) is 0 Å². The van der Waals surface area contributed by atoms with E-state index >= 15 is 0 Å². The molecule has 0 heterocycles. The Balaban J connectivity index is 2.04. The molecule has 0 aromatic heterocycles. The molecule has 9 heteroatoms. The number of rotatable bonds is 12. The summed E-state index contributed by atoms with van der Waals surface area (Å²) in [5, 5.41) is 3.47. The number of amides is 2. The Bertz CT molecular complexity index is 1360. The second-order valence-electron chi connectivity index (χ2n) is 10.1. The first-order valence-electron chi connectivity index (χ1n) is 12.8. The normalized spacial score (nSPS) is 12.2. The van der Waals surface area contributed by atoms with Gasteiger partial charge in [0, 0.05) is 24.5 Å². The number of halogens is 1. The van der Waals surface area contributed by atoms with Gasteiger partial charge in [0.1, 0.15) is 12.6 Å². The van der Waals surface area contributed by atoms with Crippen LogP contribution in [0.4, 0.5) is 5.69 Å². The SMILES string of the molecule is Cc1ccc(N(CC(=O)N(Cc2cccc(Cl)c2)C(Cc2ccccc2)C(=O)NCC(C)C)S(C)(=O)=O)cc1. The summed E-state index contributed by atoms with van der Waals surface area (Å²) in [5.74, 6) is -0.587. The molecule has 0 aliphatic heterocycles. The summed E-state index contributed by atoms with van der Waals surface area (Å²) in [5.41, 5.74) is 2.95. The summed E-state index contributed by atoms with van der Waals surface area (Å²) in [6.45, 7) is 5.96. The van der Waals surface area contributed by atoms with Crippen LogP contribution in [-0.4, -0.2) is 50.5 Å². The maximum Gasteiger partial charge on any atom is 0.244 e. The van der Waals surface area contributed by atoms with Gasteiger partial charge in [-0.15, -0.1) is 0 Å². The average molecular weight is 570 g/mol. The van der Waals surface area contributed by atoms with Crippen LogP contribution in [0.2, 0.25) is 5.02 Å². The van der Waals surface area contributed by atoms with E-state index in [0.29, 0.717) is 17.3 Å². The Morgan fingerprint density at radius 3 is 2.15 bits per heavy atom. The molecule has 0 radical (unpaired) electrons. The minimum absolute atomic E-state index is 0.0808. The fourth-order valence-corrected chi connectivity index (χ4v) is 5.20. The second kappa shape index (κ2) is 13.6. The Hall–Kier alpha value is -3.36. The van der Waals surface area contributed by atoms with Gasteiger partial charge in [-0.25, -0.2) is 8.42 Å². The molecule has 3 rings (SSSR count). The molecule has 0 aliphatic carbocycles. The van der Waals surface area contributed by atoms with Gasteiger partial charge in [-0.05, 0) is 48.2 Å². The number of benzene rings is 3. The topological polar surface area (TPSA) is 86.8 Å². The molecule has 0 spiro atoms. The van der Waals surface area contributed by atoms with E-state index in [1.54, 1.807) is 42.5 Å². The van der Waals surface area contributed by atoms with E-state index in [9.17, 15) is 18.0 Å². The number of hydrogen-bond donors (Lipinski definition) is 1. The first-order chi connectivity index (χ1) is 18.4. The number of carbonyl (C=O) groups excluding carboxylic acids is 2. The van der Waals surface area contributed by atoms with Gasteiger partial charge in [0.2, 0.25) is 21.8 Å². The summed E-state index contributed by atoms with van der Waals surface area (Å²) < 4.78 is 26.7. The smallest absolute Gasteiger partial charge is 0.244 e. The molecule has 0 saturated heterocycles. The van der Waals surface area contributed by atoms with Crippen LogP contribution >= 0.6 is 11.6 Å². The standard InChI is InChI=1S/C30H36ClN3O4S/c1-22(2)19-32-30(36)28(18-24-9-6-5-7-10-24)33(20-25-11-8-12-26(31)17-25)29(35)21-34(39(4,37)38)27-15-13-23(3)14-16-27/h5-17,22,28H,18-21H2,1-4H3,(H,32,36). The minimum atomic E-state index is -3.80. The Morgan fingerprint density at radius 1 is 0.923 bits per heavy atom. The van der Waals surface area contributed by atoms with Crippen LogP contribution in [0.1, 0.15) is 30.5 Å². The Kier molecular flexibility index (Phi) is 10.5. The Labute approximate surface area is 236 Å². The molecule has 39 heavy (non-hydrogen) atoms. The van der Waals surface area contributed by atoms with Crippen LogP contribution < -0.4 is 9.62 Å². The molecular formula is C30H36ClN3O4S. The molecular weight excluding hydrogens is 534 g/mol. The van der Waals surface area contributed by atoms with Crippen molar-refractivity contribution in [3.8, 4) is 0 Å². The number of aryl methyl sites for hydroxylation is 1. The van der Waals surface area contributed by atoms with Gasteiger partial charge < -0.3 is 10.2 Å². The van der Waals surface area contributed by atoms with Crippen LogP contribution in [0.15, 0.2) is 78.9 Å². The molecule has 7 nitrogen and oxygen atoms in total. The van der Waals surface area contributed by atoms with Gasteiger partial charge in [0.15, 0.2) is 0 Å². The van der Waals surface area contributed by atoms with Gasteiger partial charge in [-0.3, -0.25) is 13.9 Å². The highest BCUT2D eigenvalue weighted by atomic mass is 35.5. The van der Waals surface area contributed by atoms with E-state index < -0.39 is 28.5 Å². The molecule has 0 fully saturated rings. The number of hydrogen-bond acceptors (Lipinski definition) is 4. The van der Waals surface area contributed by atoms with E-state index in [0.717, 1.165) is 27.3 Å². The lowest BCUT2D eigenvalue weighted by Crippen LogP contribution is -2.53. The highest BCUT2D eigenvalue weighted by Gasteiger charge is 2.33. The molecule has 208 valence electrons. The predicted octanol–water partition coefficient (Wildman–Crippen LogP) is 4.83. The van der Waals surface area contributed by atoms with Crippen molar-refractivity contribution < 1.29 is 18.0 Å². The monoisotopic (exact) mass is 569 g/mol. The zero-order valence-corrected chi connectivity index (χ0v) is 24.4. The fraction of sp³-hybridized carbons (Fsp3) is 0.333. The van der Waals surface area contributed by atoms with Gasteiger partial charge in [-0.1, -0.05) is 85.6 Å². The molecule has 3 aromatic rings. The molecule has 0 bridgehead atoms. The number of carbonyl (C=O) groups is 2. The lowest BCUT2D eigenvalue weighted by molar-refractivity contribution is -0.140. The summed E-state index contributed by atoms with van der Waals surface area (Å²) in [7, 11) is -3.80. The van der Waals surface area contributed by atoms with Gasteiger partial charge >= 0.3 is 0 Å². The van der Waals surface area contributed by atoms with Crippen molar-refractivity contribution in [1.82, 2.24) is 10.2 Å². The molecule has 0 saturated carbocycles. The third-order valence-corrected chi connectivity index (χ3v) is 7.57. The highest BCUT2D eigenvalue weighted by Crippen LogP contribution is 2.21. The van der Waals surface area contributed by atoms with Gasteiger partial charge in [0.25, 0.3) is 0 Å². The minimum Gasteiger partial charge on any atom is -0.354 e. The summed E-state index contributed by atoms with van der Waals surface area (Å²) >= 11 is 6.23. The Morgan fingerprint density at radius 2 is 1.56 bits per heavy atom. The third kappa shape index (κ3) is 9.11. The predicted molar refractivity (Wildman–Crippen MR) is 157 cm³/mol. The van der Waals surface area contributed by atoms with E-state index in [1.165, 1.54) is 4.90 Å². The molecule has 2 amide bonds. The number of nitrogens with zero attached hydrogens (tertiary/aromatic N) is 2. The lowest BCUT2D eigenvalue weighted by atomic mass is 10.0. The van der Waals surface area contributed by atoms with Gasteiger partial charge in [0.05, 0.1) is 11.9 Å². The van der Waals surface area contributed by atoms with Crippen molar-refractivity contribution in [3.05, 3.63) is 101 Å². The first kappa shape index (κ1) is 30.2. The van der Waals surface area contributed by atoms with Crippen LogP contribution in [0.5, 0.6) is 0 Å². The van der Waals surface area contributed by atoms with Crippen LogP contribution in [-0.2, 0) is 32.6 Å². The maximum atomic E-state index is 14.0. The van der Waals surface area contributed by atoms with E-state index in [1.807, 2.05) is 57.2 Å².